The molecule has 1 saturated carbocycles. The number of urea groups is 1. The number of piperazine rings is 1. The highest BCUT2D eigenvalue weighted by Gasteiger charge is 2.56. The summed E-state index contributed by atoms with van der Waals surface area (Å²) in [7, 11) is 0. The van der Waals surface area contributed by atoms with E-state index in [1.807, 2.05) is 17.9 Å². The molecule has 4 amide bonds. The molecule has 0 spiro atoms. The summed E-state index contributed by atoms with van der Waals surface area (Å²) in [6.45, 7) is 7.44. The van der Waals surface area contributed by atoms with Crippen LogP contribution in [0.25, 0.3) is 0 Å². The molecule has 8 heteroatoms. The molecule has 2 aliphatic heterocycles. The predicted octanol–water partition coefficient (Wildman–Crippen LogP) is 2.19. The Morgan fingerprint density at radius 1 is 1.30 bits per heavy atom. The number of carbonyl (C=O) groups excluding carboxylic acids is 3. The maximum absolute atomic E-state index is 13.6. The Kier molecular flexibility index (Phi) is 5.20. The van der Waals surface area contributed by atoms with Gasteiger partial charge in [-0.15, -0.1) is 0 Å². The van der Waals surface area contributed by atoms with Gasteiger partial charge >= 0.3 is 6.03 Å². The molecule has 3 atom stereocenters. The number of rotatable bonds is 5. The number of nitrogens with zero attached hydrogens (tertiary/aromatic N) is 2. The summed E-state index contributed by atoms with van der Waals surface area (Å²) in [4.78, 5) is 41.4. The number of aryl methyl sites for hydroxylation is 1. The molecule has 3 aliphatic rings. The second-order valence-electron chi connectivity index (χ2n) is 9.02. The lowest BCUT2D eigenvalue weighted by Gasteiger charge is -2.42. The summed E-state index contributed by atoms with van der Waals surface area (Å²) < 4.78 is 13.6. The zero-order chi connectivity index (χ0) is 21.6. The number of hydrogen-bond donors (Lipinski definition) is 2. The van der Waals surface area contributed by atoms with Crippen molar-refractivity contribution in [3.05, 3.63) is 29.6 Å². The molecular weight excluding hydrogens is 387 g/mol. The molecule has 0 radical (unpaired) electrons. The van der Waals surface area contributed by atoms with Gasteiger partial charge in [-0.05, 0) is 62.8 Å². The van der Waals surface area contributed by atoms with Crippen LogP contribution in [0.3, 0.4) is 0 Å². The number of carbonyl (C=O) groups is 3. The molecule has 30 heavy (non-hydrogen) atoms. The monoisotopic (exact) mass is 416 g/mol. The van der Waals surface area contributed by atoms with E-state index in [1.54, 1.807) is 13.0 Å². The third-order valence-electron chi connectivity index (χ3n) is 6.71. The van der Waals surface area contributed by atoms with Crippen molar-refractivity contribution in [3.8, 4) is 0 Å². The zero-order valence-corrected chi connectivity index (χ0v) is 17.7. The molecular formula is C22H29FN4O3. The van der Waals surface area contributed by atoms with Gasteiger partial charge in [-0.2, -0.15) is 0 Å². The van der Waals surface area contributed by atoms with Gasteiger partial charge < -0.3 is 15.1 Å². The van der Waals surface area contributed by atoms with Gasteiger partial charge in [0.25, 0.3) is 5.91 Å². The van der Waals surface area contributed by atoms with E-state index in [2.05, 4.69) is 22.5 Å². The first-order chi connectivity index (χ1) is 14.2. The lowest BCUT2D eigenvalue weighted by atomic mass is 9.83. The van der Waals surface area contributed by atoms with Crippen LogP contribution in [-0.4, -0.2) is 54.0 Å². The maximum Gasteiger partial charge on any atom is 0.322 e. The van der Waals surface area contributed by atoms with Crippen molar-refractivity contribution in [2.75, 3.05) is 24.5 Å². The molecule has 1 aromatic rings. The van der Waals surface area contributed by atoms with Gasteiger partial charge in [0, 0.05) is 37.3 Å². The molecule has 2 saturated heterocycles. The maximum atomic E-state index is 13.6. The minimum Gasteiger partial charge on any atom is -0.365 e. The van der Waals surface area contributed by atoms with Crippen molar-refractivity contribution in [1.82, 2.24) is 15.5 Å². The van der Waals surface area contributed by atoms with Crippen molar-refractivity contribution < 1.29 is 18.8 Å². The van der Waals surface area contributed by atoms with Gasteiger partial charge in [-0.3, -0.25) is 14.9 Å². The Balaban J connectivity index is 1.41. The molecule has 2 N–H and O–H groups in total. The van der Waals surface area contributed by atoms with Gasteiger partial charge in [0.1, 0.15) is 11.4 Å². The summed E-state index contributed by atoms with van der Waals surface area (Å²) in [5.74, 6) is -0.787. The lowest BCUT2D eigenvalue weighted by Crippen LogP contribution is -2.56. The van der Waals surface area contributed by atoms with E-state index in [0.29, 0.717) is 31.6 Å². The minimum atomic E-state index is -0.953. The van der Waals surface area contributed by atoms with E-state index in [4.69, 9.17) is 0 Å². The molecule has 0 bridgehead atoms. The van der Waals surface area contributed by atoms with Crippen LogP contribution in [0, 0.1) is 24.6 Å². The minimum absolute atomic E-state index is 0.00533. The van der Waals surface area contributed by atoms with E-state index >= 15 is 0 Å². The smallest absolute Gasteiger partial charge is 0.322 e. The van der Waals surface area contributed by atoms with Crippen LogP contribution in [-0.2, 0) is 9.59 Å². The standard InChI is InChI=1S/C22H29FN4O3/c1-13-10-17(6-7-18(13)23)27-9-8-26(12-15(27)3)19(28)14(2)11-22(16-4-5-16)20(29)24-21(30)25-22/h6-7,10,14-16H,4-5,8-9,11-12H2,1-3H3,(H2,24,25,29,30)/t14?,15-,22?/m0/s1. The molecule has 7 nitrogen and oxygen atoms in total. The second-order valence-corrected chi connectivity index (χ2v) is 9.02. The molecule has 4 rings (SSSR count). The Morgan fingerprint density at radius 3 is 2.60 bits per heavy atom. The highest BCUT2D eigenvalue weighted by Crippen LogP contribution is 2.44. The Hall–Kier alpha value is -2.64. The van der Waals surface area contributed by atoms with Crippen LogP contribution >= 0.6 is 0 Å². The van der Waals surface area contributed by atoms with E-state index in [-0.39, 0.29) is 35.5 Å². The molecule has 162 valence electrons. The number of hydrogen-bond acceptors (Lipinski definition) is 4. The Labute approximate surface area is 176 Å². The van der Waals surface area contributed by atoms with Crippen LogP contribution in [0.2, 0.25) is 0 Å². The number of nitrogens with one attached hydrogen (secondary N) is 2. The summed E-state index contributed by atoms with van der Waals surface area (Å²) in [5.41, 5.74) is 0.610. The number of amides is 4. The van der Waals surface area contributed by atoms with E-state index in [0.717, 1.165) is 18.5 Å². The third kappa shape index (κ3) is 3.63. The summed E-state index contributed by atoms with van der Waals surface area (Å²) in [5, 5.41) is 5.15. The number of imide groups is 1. The number of anilines is 1. The van der Waals surface area contributed by atoms with Crippen LogP contribution < -0.4 is 15.5 Å². The van der Waals surface area contributed by atoms with E-state index in [9.17, 15) is 18.8 Å². The van der Waals surface area contributed by atoms with Crippen LogP contribution in [0.5, 0.6) is 0 Å². The van der Waals surface area contributed by atoms with Crippen LogP contribution in [0.15, 0.2) is 18.2 Å². The first kappa shape index (κ1) is 20.6. The van der Waals surface area contributed by atoms with Crippen molar-refractivity contribution in [2.45, 2.75) is 51.6 Å². The summed E-state index contributed by atoms with van der Waals surface area (Å²) in [6, 6.07) is 4.72. The van der Waals surface area contributed by atoms with Crippen molar-refractivity contribution in [1.29, 1.82) is 0 Å². The van der Waals surface area contributed by atoms with Crippen molar-refractivity contribution in [2.24, 2.45) is 11.8 Å². The molecule has 0 aromatic heterocycles. The Morgan fingerprint density at radius 2 is 2.03 bits per heavy atom. The Bertz CT molecular complexity index is 887. The molecule has 1 aromatic carbocycles. The second kappa shape index (κ2) is 7.56. The third-order valence-corrected chi connectivity index (χ3v) is 6.71. The first-order valence-corrected chi connectivity index (χ1v) is 10.7. The van der Waals surface area contributed by atoms with Crippen molar-refractivity contribution in [3.63, 3.8) is 0 Å². The van der Waals surface area contributed by atoms with Gasteiger partial charge in [0.2, 0.25) is 5.91 Å². The summed E-state index contributed by atoms with van der Waals surface area (Å²) >= 11 is 0. The number of benzene rings is 1. The molecule has 2 unspecified atom stereocenters. The van der Waals surface area contributed by atoms with Crippen LogP contribution in [0.1, 0.15) is 38.7 Å². The predicted molar refractivity (Wildman–Crippen MR) is 110 cm³/mol. The van der Waals surface area contributed by atoms with Gasteiger partial charge in [-0.1, -0.05) is 6.92 Å². The first-order valence-electron chi connectivity index (χ1n) is 10.7. The van der Waals surface area contributed by atoms with E-state index < -0.39 is 11.6 Å². The number of halogens is 1. The normalized spacial score (nSPS) is 27.7. The van der Waals surface area contributed by atoms with Crippen molar-refractivity contribution >= 4 is 23.5 Å². The fraction of sp³-hybridized carbons (Fsp3) is 0.591. The fourth-order valence-electron chi connectivity index (χ4n) is 4.91. The van der Waals surface area contributed by atoms with Crippen LogP contribution in [0.4, 0.5) is 14.9 Å². The fourth-order valence-corrected chi connectivity index (χ4v) is 4.91. The molecule has 1 aliphatic carbocycles. The lowest BCUT2D eigenvalue weighted by molar-refractivity contribution is -0.137. The van der Waals surface area contributed by atoms with E-state index in [1.165, 1.54) is 6.07 Å². The zero-order valence-electron chi connectivity index (χ0n) is 17.7. The average molecular weight is 416 g/mol. The molecule has 2 heterocycles. The van der Waals surface area contributed by atoms with Gasteiger partial charge in [0.15, 0.2) is 0 Å². The van der Waals surface area contributed by atoms with Gasteiger partial charge in [0.05, 0.1) is 0 Å². The summed E-state index contributed by atoms with van der Waals surface area (Å²) in [6.07, 6.45) is 2.10. The topological polar surface area (TPSA) is 81.8 Å². The SMILES string of the molecule is Cc1cc(N2CCN(C(=O)C(C)CC3(C4CC4)NC(=O)NC3=O)C[C@@H]2C)ccc1F. The highest BCUT2D eigenvalue weighted by molar-refractivity contribution is 6.07. The average Bonchev–Trinajstić information content (AvgIpc) is 3.50. The van der Waals surface area contributed by atoms with Gasteiger partial charge in [-0.25, -0.2) is 9.18 Å². The largest absolute Gasteiger partial charge is 0.365 e. The quantitative estimate of drug-likeness (QED) is 0.721. The highest BCUT2D eigenvalue weighted by atomic mass is 19.1. The molecule has 3 fully saturated rings.